The molecule has 0 aromatic carbocycles. The van der Waals surface area contributed by atoms with Gasteiger partial charge < -0.3 is 13.9 Å². The van der Waals surface area contributed by atoms with Crippen LogP contribution in [0.25, 0.3) is 16.9 Å². The fourth-order valence-electron chi connectivity index (χ4n) is 5.04. The lowest BCUT2D eigenvalue weighted by molar-refractivity contribution is 0.0594. The summed E-state index contributed by atoms with van der Waals surface area (Å²) in [5.41, 5.74) is 4.13. The van der Waals surface area contributed by atoms with Crippen LogP contribution in [0, 0.1) is 5.92 Å². The summed E-state index contributed by atoms with van der Waals surface area (Å²) >= 11 is 0. The Morgan fingerprint density at radius 2 is 1.94 bits per heavy atom. The fraction of sp³-hybridized carbons (Fsp3) is 0.250. The monoisotopic (exact) mass is 411 g/mol. The summed E-state index contributed by atoms with van der Waals surface area (Å²) in [6.45, 7) is 1.94. The Morgan fingerprint density at radius 1 is 1.00 bits per heavy atom. The second-order valence-electron chi connectivity index (χ2n) is 8.45. The van der Waals surface area contributed by atoms with Crippen LogP contribution in [-0.2, 0) is 6.54 Å². The molecular weight excluding hydrogens is 390 g/mol. The zero-order valence-corrected chi connectivity index (χ0v) is 16.9. The minimum atomic E-state index is 0.0122. The number of imidazole rings is 1. The molecule has 2 aliphatic heterocycles. The summed E-state index contributed by atoms with van der Waals surface area (Å²) in [6, 6.07) is 13.2. The first kappa shape index (κ1) is 18.1. The maximum atomic E-state index is 13.3. The van der Waals surface area contributed by atoms with Gasteiger partial charge in [0.25, 0.3) is 11.5 Å². The van der Waals surface area contributed by atoms with Gasteiger partial charge in [-0.15, -0.1) is 0 Å². The number of hydrogen-bond donors (Lipinski definition) is 0. The molecule has 0 spiro atoms. The van der Waals surface area contributed by atoms with E-state index in [2.05, 4.69) is 16.0 Å². The van der Waals surface area contributed by atoms with Gasteiger partial charge in [-0.2, -0.15) is 0 Å². The highest BCUT2D eigenvalue weighted by Crippen LogP contribution is 2.36. The average molecular weight is 411 g/mol. The normalized spacial score (nSPS) is 19.9. The smallest absolute Gasteiger partial charge is 0.255 e. The van der Waals surface area contributed by atoms with Crippen LogP contribution in [0.5, 0.6) is 0 Å². The van der Waals surface area contributed by atoms with Gasteiger partial charge in [-0.1, -0.05) is 6.07 Å². The molecule has 4 aromatic heterocycles. The Hall–Kier alpha value is -3.74. The third-order valence-electron chi connectivity index (χ3n) is 6.44. The Labute approximate surface area is 178 Å². The van der Waals surface area contributed by atoms with Crippen LogP contribution in [-0.4, -0.2) is 42.8 Å². The number of nitrogens with zero attached hydrogens (tertiary/aromatic N) is 5. The number of pyridine rings is 3. The molecule has 4 aromatic rings. The van der Waals surface area contributed by atoms with Gasteiger partial charge in [-0.05, 0) is 42.7 Å². The van der Waals surface area contributed by atoms with Crippen molar-refractivity contribution in [2.75, 3.05) is 13.1 Å². The summed E-state index contributed by atoms with van der Waals surface area (Å²) < 4.78 is 3.76. The van der Waals surface area contributed by atoms with Gasteiger partial charge in [0, 0.05) is 67.7 Å². The maximum absolute atomic E-state index is 13.3. The van der Waals surface area contributed by atoms with E-state index >= 15 is 0 Å². The molecular formula is C24H21N5O2. The molecule has 0 unspecified atom stereocenters. The number of amides is 1. The lowest BCUT2D eigenvalue weighted by Gasteiger charge is -2.43. The van der Waals surface area contributed by atoms with Crippen molar-refractivity contribution in [2.45, 2.75) is 18.9 Å². The number of likely N-dealkylation sites (tertiary alicyclic amines) is 1. The second kappa shape index (κ2) is 6.91. The van der Waals surface area contributed by atoms with Crippen LogP contribution in [0.1, 0.15) is 28.4 Å². The first-order valence-electron chi connectivity index (χ1n) is 10.5. The first-order chi connectivity index (χ1) is 15.2. The van der Waals surface area contributed by atoms with Gasteiger partial charge in [-0.3, -0.25) is 14.6 Å². The Morgan fingerprint density at radius 3 is 2.81 bits per heavy atom. The number of piperidine rings is 1. The predicted molar refractivity (Wildman–Crippen MR) is 116 cm³/mol. The summed E-state index contributed by atoms with van der Waals surface area (Å²) in [4.78, 5) is 36.7. The number of fused-ring (bicyclic) bond motifs is 5. The average Bonchev–Trinajstić information content (AvgIpc) is 3.27. The van der Waals surface area contributed by atoms with Crippen molar-refractivity contribution < 1.29 is 4.79 Å². The highest BCUT2D eigenvalue weighted by molar-refractivity contribution is 5.94. The zero-order chi connectivity index (χ0) is 20.9. The molecule has 0 N–H and O–H groups in total. The van der Waals surface area contributed by atoms with Gasteiger partial charge in [-0.25, -0.2) is 4.98 Å². The van der Waals surface area contributed by atoms with Crippen molar-refractivity contribution in [3.8, 4) is 11.3 Å². The topological polar surface area (TPSA) is 72.5 Å². The highest BCUT2D eigenvalue weighted by atomic mass is 16.2. The SMILES string of the molecule is O=C(c1ccc2nccn2c1)N1C[C@@H]2C[C@H](C1)c1cc(-c3ccccn3)cc(=O)n1C2. The second-order valence-corrected chi connectivity index (χ2v) is 8.45. The largest absolute Gasteiger partial charge is 0.338 e. The number of aromatic nitrogens is 4. The number of rotatable bonds is 2. The minimum absolute atomic E-state index is 0.0122. The Bertz CT molecular complexity index is 1360. The molecule has 0 saturated carbocycles. The highest BCUT2D eigenvalue weighted by Gasteiger charge is 2.37. The van der Waals surface area contributed by atoms with Crippen LogP contribution < -0.4 is 5.56 Å². The van der Waals surface area contributed by atoms with E-state index in [1.165, 1.54) is 0 Å². The van der Waals surface area contributed by atoms with Crippen LogP contribution in [0.2, 0.25) is 0 Å². The van der Waals surface area contributed by atoms with E-state index in [-0.39, 0.29) is 23.3 Å². The van der Waals surface area contributed by atoms with Crippen molar-refractivity contribution in [1.29, 1.82) is 0 Å². The van der Waals surface area contributed by atoms with E-state index in [1.54, 1.807) is 18.5 Å². The number of carbonyl (C=O) groups is 1. The molecule has 2 bridgehead atoms. The van der Waals surface area contributed by atoms with Gasteiger partial charge in [0.1, 0.15) is 5.65 Å². The van der Waals surface area contributed by atoms with Gasteiger partial charge in [0.15, 0.2) is 0 Å². The standard InChI is InChI=1S/C24H21N5O2/c30-23-11-18(20-3-1-2-6-25-20)10-21-19-9-16(13-29(21)23)12-28(15-19)24(31)17-4-5-22-26-7-8-27(22)14-17/h1-8,10-11,14,16,19H,9,12-13,15H2/t16-,19+/m0/s1. The zero-order valence-electron chi connectivity index (χ0n) is 16.9. The fourth-order valence-corrected chi connectivity index (χ4v) is 5.04. The molecule has 1 amide bonds. The van der Waals surface area contributed by atoms with Crippen molar-refractivity contribution >= 4 is 11.6 Å². The summed E-state index contributed by atoms with van der Waals surface area (Å²) in [5, 5.41) is 0. The van der Waals surface area contributed by atoms with Crippen molar-refractivity contribution in [1.82, 2.24) is 23.8 Å². The number of hydrogen-bond acceptors (Lipinski definition) is 4. The first-order valence-corrected chi connectivity index (χ1v) is 10.5. The van der Waals surface area contributed by atoms with Crippen LogP contribution in [0.15, 0.2) is 72.0 Å². The van der Waals surface area contributed by atoms with E-state index < -0.39 is 0 Å². The van der Waals surface area contributed by atoms with E-state index in [0.717, 1.165) is 29.0 Å². The third kappa shape index (κ3) is 3.04. The maximum Gasteiger partial charge on any atom is 0.255 e. The molecule has 154 valence electrons. The minimum Gasteiger partial charge on any atom is -0.338 e. The predicted octanol–water partition coefficient (Wildman–Crippen LogP) is 2.82. The molecule has 7 nitrogen and oxygen atoms in total. The van der Waals surface area contributed by atoms with E-state index in [4.69, 9.17) is 0 Å². The molecule has 7 heteroatoms. The van der Waals surface area contributed by atoms with Crippen molar-refractivity contribution in [3.63, 3.8) is 0 Å². The molecule has 2 atom stereocenters. The van der Waals surface area contributed by atoms with Crippen LogP contribution in [0.4, 0.5) is 0 Å². The van der Waals surface area contributed by atoms with E-state index in [0.29, 0.717) is 25.2 Å². The lowest BCUT2D eigenvalue weighted by atomic mass is 9.82. The summed E-state index contributed by atoms with van der Waals surface area (Å²) in [6.07, 6.45) is 8.14. The lowest BCUT2D eigenvalue weighted by Crippen LogP contribution is -2.49. The molecule has 0 radical (unpaired) electrons. The molecule has 6 rings (SSSR count). The van der Waals surface area contributed by atoms with E-state index in [9.17, 15) is 9.59 Å². The van der Waals surface area contributed by atoms with Crippen molar-refractivity contribution in [2.24, 2.45) is 5.92 Å². The van der Waals surface area contributed by atoms with Crippen molar-refractivity contribution in [3.05, 3.63) is 88.9 Å². The quantitative estimate of drug-likeness (QED) is 0.509. The summed E-state index contributed by atoms with van der Waals surface area (Å²) in [5.74, 6) is 0.456. The molecule has 2 aliphatic rings. The van der Waals surface area contributed by atoms with Gasteiger partial charge in [0.05, 0.1) is 11.3 Å². The number of carbonyl (C=O) groups excluding carboxylic acids is 1. The Balaban J connectivity index is 1.34. The molecule has 31 heavy (non-hydrogen) atoms. The molecule has 0 aliphatic carbocycles. The van der Waals surface area contributed by atoms with Crippen LogP contribution in [0.3, 0.4) is 0 Å². The Kier molecular flexibility index (Phi) is 4.02. The molecule has 1 fully saturated rings. The van der Waals surface area contributed by atoms with Crippen LogP contribution >= 0.6 is 0 Å². The third-order valence-corrected chi connectivity index (χ3v) is 6.44. The molecule has 6 heterocycles. The summed E-state index contributed by atoms with van der Waals surface area (Å²) in [7, 11) is 0. The molecule has 1 saturated heterocycles. The van der Waals surface area contributed by atoms with Gasteiger partial charge >= 0.3 is 0 Å². The van der Waals surface area contributed by atoms with E-state index in [1.807, 2.05) is 56.6 Å². The van der Waals surface area contributed by atoms with Gasteiger partial charge in [0.2, 0.25) is 0 Å².